The molecule has 5 nitrogen and oxygen atoms in total. The SMILES string of the molecule is CC1CCCC(NC(=O)C(=O)N2CCCNCC2)C1. The molecule has 1 saturated carbocycles. The fourth-order valence-electron chi connectivity index (χ4n) is 3.00. The van der Waals surface area contributed by atoms with E-state index in [9.17, 15) is 9.59 Å². The fraction of sp³-hybridized carbons (Fsp3) is 0.857. The number of rotatable bonds is 1. The molecule has 2 aliphatic rings. The minimum absolute atomic E-state index is 0.185. The molecule has 2 fully saturated rings. The maximum Gasteiger partial charge on any atom is 0.311 e. The first-order valence-corrected chi connectivity index (χ1v) is 7.47. The van der Waals surface area contributed by atoms with Crippen LogP contribution in [-0.2, 0) is 9.59 Å². The lowest BCUT2D eigenvalue weighted by Crippen LogP contribution is -2.48. The Labute approximate surface area is 115 Å². The molecule has 2 amide bonds. The summed E-state index contributed by atoms with van der Waals surface area (Å²) in [5.74, 6) is -0.125. The summed E-state index contributed by atoms with van der Waals surface area (Å²) in [7, 11) is 0. The van der Waals surface area contributed by atoms with Gasteiger partial charge >= 0.3 is 11.8 Å². The molecule has 108 valence electrons. The average Bonchev–Trinajstić information content (AvgIpc) is 2.66. The van der Waals surface area contributed by atoms with E-state index in [4.69, 9.17) is 0 Å². The zero-order chi connectivity index (χ0) is 13.7. The van der Waals surface area contributed by atoms with E-state index in [1.54, 1.807) is 4.90 Å². The molecule has 2 atom stereocenters. The highest BCUT2D eigenvalue weighted by molar-refractivity contribution is 6.35. The van der Waals surface area contributed by atoms with Crippen LogP contribution < -0.4 is 10.6 Å². The van der Waals surface area contributed by atoms with Crippen molar-refractivity contribution in [1.29, 1.82) is 0 Å². The van der Waals surface area contributed by atoms with Crippen molar-refractivity contribution < 1.29 is 9.59 Å². The molecule has 2 unspecified atom stereocenters. The van der Waals surface area contributed by atoms with Gasteiger partial charge < -0.3 is 15.5 Å². The molecule has 0 radical (unpaired) electrons. The van der Waals surface area contributed by atoms with Crippen molar-refractivity contribution in [1.82, 2.24) is 15.5 Å². The number of nitrogens with zero attached hydrogens (tertiary/aromatic N) is 1. The summed E-state index contributed by atoms with van der Waals surface area (Å²) in [6, 6.07) is 0.185. The van der Waals surface area contributed by atoms with Gasteiger partial charge in [-0.1, -0.05) is 19.8 Å². The van der Waals surface area contributed by atoms with E-state index >= 15 is 0 Å². The van der Waals surface area contributed by atoms with Gasteiger partial charge in [-0.25, -0.2) is 0 Å². The molecule has 0 bridgehead atoms. The summed E-state index contributed by atoms with van der Waals surface area (Å²) in [4.78, 5) is 25.8. The molecule has 5 heteroatoms. The molecule has 0 aromatic carbocycles. The number of carbonyl (C=O) groups is 2. The van der Waals surface area contributed by atoms with Gasteiger partial charge in [-0.2, -0.15) is 0 Å². The summed E-state index contributed by atoms with van der Waals surface area (Å²) in [5.41, 5.74) is 0. The zero-order valence-corrected chi connectivity index (χ0v) is 11.8. The van der Waals surface area contributed by atoms with E-state index in [0.717, 1.165) is 38.8 Å². The first-order valence-electron chi connectivity index (χ1n) is 7.47. The van der Waals surface area contributed by atoms with Crippen LogP contribution in [0.3, 0.4) is 0 Å². The van der Waals surface area contributed by atoms with E-state index in [-0.39, 0.29) is 11.9 Å². The van der Waals surface area contributed by atoms with Crippen LogP contribution in [0.15, 0.2) is 0 Å². The molecule has 0 aromatic heterocycles. The molecule has 0 spiro atoms. The number of hydrogen-bond donors (Lipinski definition) is 2. The Bertz CT molecular complexity index is 325. The Kier molecular flexibility index (Phi) is 5.19. The first-order chi connectivity index (χ1) is 9.16. The highest BCUT2D eigenvalue weighted by Gasteiger charge is 2.26. The molecule has 19 heavy (non-hydrogen) atoms. The summed E-state index contributed by atoms with van der Waals surface area (Å²) < 4.78 is 0. The van der Waals surface area contributed by atoms with Crippen LogP contribution in [0.4, 0.5) is 0 Å². The van der Waals surface area contributed by atoms with E-state index < -0.39 is 5.91 Å². The van der Waals surface area contributed by atoms with Gasteiger partial charge in [0.15, 0.2) is 0 Å². The van der Waals surface area contributed by atoms with Crippen LogP contribution in [0.25, 0.3) is 0 Å². The lowest BCUT2D eigenvalue weighted by molar-refractivity contribution is -0.146. The molecule has 1 aliphatic heterocycles. The minimum atomic E-state index is -0.416. The van der Waals surface area contributed by atoms with E-state index in [1.807, 2.05) is 0 Å². The molecular formula is C14H25N3O2. The third-order valence-electron chi connectivity index (χ3n) is 4.09. The van der Waals surface area contributed by atoms with Gasteiger partial charge in [0, 0.05) is 25.7 Å². The van der Waals surface area contributed by atoms with E-state index in [1.165, 1.54) is 6.42 Å². The van der Waals surface area contributed by atoms with Gasteiger partial charge in [0.2, 0.25) is 0 Å². The van der Waals surface area contributed by atoms with Crippen molar-refractivity contribution in [3.63, 3.8) is 0 Å². The van der Waals surface area contributed by atoms with Crippen molar-refractivity contribution in [2.24, 2.45) is 5.92 Å². The monoisotopic (exact) mass is 267 g/mol. The summed E-state index contributed by atoms with van der Waals surface area (Å²) in [6.45, 7) is 5.22. The Balaban J connectivity index is 1.82. The average molecular weight is 267 g/mol. The largest absolute Gasteiger partial charge is 0.345 e. The third-order valence-corrected chi connectivity index (χ3v) is 4.09. The van der Waals surface area contributed by atoms with Crippen LogP contribution in [0.1, 0.15) is 39.0 Å². The van der Waals surface area contributed by atoms with Crippen molar-refractivity contribution in [3.8, 4) is 0 Å². The predicted octanol–water partition coefficient (Wildman–Crippen LogP) is 0.503. The fourth-order valence-corrected chi connectivity index (χ4v) is 3.00. The topological polar surface area (TPSA) is 61.4 Å². The van der Waals surface area contributed by atoms with Gasteiger partial charge in [-0.15, -0.1) is 0 Å². The minimum Gasteiger partial charge on any atom is -0.345 e. The van der Waals surface area contributed by atoms with Gasteiger partial charge in [-0.3, -0.25) is 9.59 Å². The van der Waals surface area contributed by atoms with E-state index in [2.05, 4.69) is 17.6 Å². The number of hydrogen-bond acceptors (Lipinski definition) is 3. The molecule has 2 rings (SSSR count). The molecule has 1 aliphatic carbocycles. The smallest absolute Gasteiger partial charge is 0.311 e. The van der Waals surface area contributed by atoms with Crippen LogP contribution >= 0.6 is 0 Å². The van der Waals surface area contributed by atoms with E-state index in [0.29, 0.717) is 19.0 Å². The third kappa shape index (κ3) is 4.20. The number of amides is 2. The van der Waals surface area contributed by atoms with Crippen LogP contribution in [0, 0.1) is 5.92 Å². The highest BCUT2D eigenvalue weighted by Crippen LogP contribution is 2.23. The van der Waals surface area contributed by atoms with Crippen molar-refractivity contribution in [2.45, 2.75) is 45.1 Å². The lowest BCUT2D eigenvalue weighted by Gasteiger charge is -2.28. The van der Waals surface area contributed by atoms with Gasteiger partial charge in [0.1, 0.15) is 0 Å². The summed E-state index contributed by atoms with van der Waals surface area (Å²) >= 11 is 0. The summed E-state index contributed by atoms with van der Waals surface area (Å²) in [5, 5.41) is 6.15. The maximum atomic E-state index is 12.1. The number of nitrogens with one attached hydrogen (secondary N) is 2. The summed E-state index contributed by atoms with van der Waals surface area (Å²) in [6.07, 6.45) is 5.30. The second-order valence-corrected chi connectivity index (χ2v) is 5.84. The number of carbonyl (C=O) groups excluding carboxylic acids is 2. The van der Waals surface area contributed by atoms with Crippen molar-refractivity contribution in [3.05, 3.63) is 0 Å². The zero-order valence-electron chi connectivity index (χ0n) is 11.8. The Hall–Kier alpha value is -1.10. The van der Waals surface area contributed by atoms with Crippen LogP contribution in [0.2, 0.25) is 0 Å². The Morgan fingerprint density at radius 1 is 1.16 bits per heavy atom. The standard InChI is InChI=1S/C14H25N3O2/c1-11-4-2-5-12(10-11)16-13(18)14(19)17-8-3-6-15-7-9-17/h11-12,15H,2-10H2,1H3,(H,16,18). The van der Waals surface area contributed by atoms with Gasteiger partial charge in [0.25, 0.3) is 0 Å². The molecule has 0 aromatic rings. The lowest BCUT2D eigenvalue weighted by atomic mass is 9.87. The molecule has 1 saturated heterocycles. The molecule has 1 heterocycles. The quantitative estimate of drug-likeness (QED) is 0.680. The second kappa shape index (κ2) is 6.89. The normalized spacial score (nSPS) is 28.6. The Morgan fingerprint density at radius 2 is 2.00 bits per heavy atom. The van der Waals surface area contributed by atoms with Crippen LogP contribution in [0.5, 0.6) is 0 Å². The van der Waals surface area contributed by atoms with Crippen LogP contribution in [-0.4, -0.2) is 48.9 Å². The first kappa shape index (κ1) is 14.3. The maximum absolute atomic E-state index is 12.1. The van der Waals surface area contributed by atoms with Gasteiger partial charge in [-0.05, 0) is 31.7 Å². The Morgan fingerprint density at radius 3 is 2.79 bits per heavy atom. The molecular weight excluding hydrogens is 242 g/mol. The molecule has 2 N–H and O–H groups in total. The highest BCUT2D eigenvalue weighted by atomic mass is 16.2. The second-order valence-electron chi connectivity index (χ2n) is 5.84. The van der Waals surface area contributed by atoms with Crippen molar-refractivity contribution in [2.75, 3.05) is 26.2 Å². The predicted molar refractivity (Wildman–Crippen MR) is 73.6 cm³/mol. The van der Waals surface area contributed by atoms with Gasteiger partial charge in [0.05, 0.1) is 0 Å². The van der Waals surface area contributed by atoms with Crippen molar-refractivity contribution >= 4 is 11.8 Å².